The van der Waals surface area contributed by atoms with Gasteiger partial charge in [0.1, 0.15) is 11.3 Å². The van der Waals surface area contributed by atoms with Crippen LogP contribution in [0.15, 0.2) is 27.4 Å². The number of aryl methyl sites for hydroxylation is 2. The van der Waals surface area contributed by atoms with Gasteiger partial charge in [0.15, 0.2) is 0 Å². The maximum Gasteiger partial charge on any atom is 0.359 e. The maximum absolute atomic E-state index is 11.5. The van der Waals surface area contributed by atoms with Crippen LogP contribution in [0.25, 0.3) is 11.0 Å². The molecule has 0 atom stereocenters. The molecule has 1 heterocycles. The van der Waals surface area contributed by atoms with Crippen molar-refractivity contribution < 1.29 is 4.42 Å². The zero-order valence-electron chi connectivity index (χ0n) is 9.05. The predicted molar refractivity (Wildman–Crippen MR) is 61.5 cm³/mol. The molecule has 0 aliphatic carbocycles. The molecule has 78 valence electrons. The van der Waals surface area contributed by atoms with Crippen LogP contribution in [0.1, 0.15) is 11.1 Å². The third kappa shape index (κ3) is 1.61. The summed E-state index contributed by atoms with van der Waals surface area (Å²) in [5.74, 6) is 0. The van der Waals surface area contributed by atoms with Gasteiger partial charge in [0.2, 0.25) is 0 Å². The molecular weight excluding hydrogens is 190 g/mol. The summed E-state index contributed by atoms with van der Waals surface area (Å²) >= 11 is 0. The van der Waals surface area contributed by atoms with Crippen LogP contribution >= 0.6 is 0 Å². The standard InChI is InChI=1S/C12H13NO2/c1-7-4-8(2)11-9(5-7)6-10(13-3)12(14)15-11/h4-6,13H,1-3H3. The molecule has 1 aromatic carbocycles. The fourth-order valence-electron chi connectivity index (χ4n) is 1.77. The van der Waals surface area contributed by atoms with E-state index in [4.69, 9.17) is 4.42 Å². The topological polar surface area (TPSA) is 42.2 Å². The third-order valence-electron chi connectivity index (χ3n) is 2.43. The van der Waals surface area contributed by atoms with Crippen molar-refractivity contribution in [3.8, 4) is 0 Å². The number of hydrogen-bond acceptors (Lipinski definition) is 3. The van der Waals surface area contributed by atoms with Gasteiger partial charge >= 0.3 is 5.63 Å². The Kier molecular flexibility index (Phi) is 2.23. The lowest BCUT2D eigenvalue weighted by Crippen LogP contribution is -2.06. The molecule has 0 spiro atoms. The number of fused-ring (bicyclic) bond motifs is 1. The van der Waals surface area contributed by atoms with Crippen molar-refractivity contribution >= 4 is 16.7 Å². The monoisotopic (exact) mass is 203 g/mol. The molecule has 15 heavy (non-hydrogen) atoms. The zero-order chi connectivity index (χ0) is 11.0. The molecule has 3 heteroatoms. The Morgan fingerprint density at radius 3 is 2.60 bits per heavy atom. The van der Waals surface area contributed by atoms with E-state index < -0.39 is 0 Å². The van der Waals surface area contributed by atoms with Crippen LogP contribution in [0.2, 0.25) is 0 Å². The van der Waals surface area contributed by atoms with E-state index in [2.05, 4.69) is 5.32 Å². The van der Waals surface area contributed by atoms with E-state index in [1.165, 1.54) is 0 Å². The molecule has 0 radical (unpaired) electrons. The molecule has 3 nitrogen and oxygen atoms in total. The van der Waals surface area contributed by atoms with Crippen molar-refractivity contribution in [2.45, 2.75) is 13.8 Å². The SMILES string of the molecule is CNc1cc2cc(C)cc(C)c2oc1=O. The van der Waals surface area contributed by atoms with Gasteiger partial charge in [-0.3, -0.25) is 0 Å². The average Bonchev–Trinajstić information content (AvgIpc) is 2.18. The van der Waals surface area contributed by atoms with Crippen LogP contribution in [0, 0.1) is 13.8 Å². The molecular formula is C12H13NO2. The minimum Gasteiger partial charge on any atom is -0.421 e. The number of hydrogen-bond donors (Lipinski definition) is 1. The van der Waals surface area contributed by atoms with Crippen LogP contribution in [0.3, 0.4) is 0 Å². The van der Waals surface area contributed by atoms with Crippen LogP contribution in [-0.2, 0) is 0 Å². The van der Waals surface area contributed by atoms with E-state index in [1.54, 1.807) is 7.05 Å². The van der Waals surface area contributed by atoms with Gasteiger partial charge in [-0.2, -0.15) is 0 Å². The lowest BCUT2D eigenvalue weighted by Gasteiger charge is -2.04. The van der Waals surface area contributed by atoms with E-state index in [0.717, 1.165) is 16.5 Å². The first-order valence-corrected chi connectivity index (χ1v) is 4.84. The highest BCUT2D eigenvalue weighted by molar-refractivity contribution is 5.83. The van der Waals surface area contributed by atoms with E-state index in [-0.39, 0.29) is 5.63 Å². The molecule has 0 fully saturated rings. The number of anilines is 1. The first-order chi connectivity index (χ1) is 7.11. The van der Waals surface area contributed by atoms with Gasteiger partial charge < -0.3 is 9.73 Å². The number of rotatable bonds is 1. The quantitative estimate of drug-likeness (QED) is 0.724. The van der Waals surface area contributed by atoms with Gasteiger partial charge in [-0.15, -0.1) is 0 Å². The van der Waals surface area contributed by atoms with Crippen LogP contribution in [-0.4, -0.2) is 7.05 Å². The Morgan fingerprint density at radius 2 is 1.93 bits per heavy atom. The Bertz CT molecular complexity index is 570. The third-order valence-corrected chi connectivity index (χ3v) is 2.43. The van der Waals surface area contributed by atoms with Crippen LogP contribution < -0.4 is 10.9 Å². The summed E-state index contributed by atoms with van der Waals surface area (Å²) in [5.41, 5.74) is 3.00. The lowest BCUT2D eigenvalue weighted by atomic mass is 10.1. The fraction of sp³-hybridized carbons (Fsp3) is 0.250. The summed E-state index contributed by atoms with van der Waals surface area (Å²) in [4.78, 5) is 11.5. The Labute approximate surface area is 87.7 Å². The largest absolute Gasteiger partial charge is 0.421 e. The summed E-state index contributed by atoms with van der Waals surface area (Å²) in [6.45, 7) is 3.97. The Hall–Kier alpha value is -1.77. The average molecular weight is 203 g/mol. The molecule has 0 aliphatic heterocycles. The van der Waals surface area contributed by atoms with Crippen molar-refractivity contribution in [2.75, 3.05) is 12.4 Å². The first kappa shape index (κ1) is 9.77. The lowest BCUT2D eigenvalue weighted by molar-refractivity contribution is 0.561. The van der Waals surface area contributed by atoms with Gasteiger partial charge in [0.05, 0.1) is 0 Å². The van der Waals surface area contributed by atoms with Gasteiger partial charge in [-0.25, -0.2) is 4.79 Å². The molecule has 0 unspecified atom stereocenters. The highest BCUT2D eigenvalue weighted by Gasteiger charge is 2.06. The molecule has 2 rings (SSSR count). The van der Waals surface area contributed by atoms with Gasteiger partial charge in [-0.05, 0) is 31.5 Å². The van der Waals surface area contributed by atoms with E-state index in [0.29, 0.717) is 11.3 Å². The number of nitrogens with one attached hydrogen (secondary N) is 1. The van der Waals surface area contributed by atoms with Crippen molar-refractivity contribution in [2.24, 2.45) is 0 Å². The number of benzene rings is 1. The van der Waals surface area contributed by atoms with Crippen LogP contribution in [0.5, 0.6) is 0 Å². The second-order valence-corrected chi connectivity index (χ2v) is 3.70. The summed E-state index contributed by atoms with van der Waals surface area (Å²) < 4.78 is 5.25. The Balaban J connectivity index is 2.87. The second kappa shape index (κ2) is 3.42. The second-order valence-electron chi connectivity index (χ2n) is 3.70. The molecule has 0 amide bonds. The predicted octanol–water partition coefficient (Wildman–Crippen LogP) is 2.45. The first-order valence-electron chi connectivity index (χ1n) is 4.84. The van der Waals surface area contributed by atoms with Gasteiger partial charge in [-0.1, -0.05) is 11.6 Å². The van der Waals surface area contributed by atoms with Crippen molar-refractivity contribution in [3.05, 3.63) is 39.7 Å². The molecule has 2 aromatic rings. The normalized spacial score (nSPS) is 10.6. The fourth-order valence-corrected chi connectivity index (χ4v) is 1.77. The smallest absolute Gasteiger partial charge is 0.359 e. The van der Waals surface area contributed by atoms with E-state index >= 15 is 0 Å². The van der Waals surface area contributed by atoms with Crippen molar-refractivity contribution in [1.82, 2.24) is 0 Å². The molecule has 0 aliphatic rings. The molecule has 0 saturated carbocycles. The molecule has 1 N–H and O–H groups in total. The van der Waals surface area contributed by atoms with E-state index in [9.17, 15) is 4.79 Å². The minimum absolute atomic E-state index is 0.322. The van der Waals surface area contributed by atoms with Crippen LogP contribution in [0.4, 0.5) is 5.69 Å². The van der Waals surface area contributed by atoms with Gasteiger partial charge in [0, 0.05) is 12.4 Å². The molecule has 0 saturated heterocycles. The summed E-state index contributed by atoms with van der Waals surface area (Å²) in [6, 6.07) is 5.83. The maximum atomic E-state index is 11.5. The Morgan fingerprint density at radius 1 is 1.20 bits per heavy atom. The zero-order valence-corrected chi connectivity index (χ0v) is 9.05. The van der Waals surface area contributed by atoms with Gasteiger partial charge in [0.25, 0.3) is 0 Å². The van der Waals surface area contributed by atoms with Crippen molar-refractivity contribution in [1.29, 1.82) is 0 Å². The minimum atomic E-state index is -0.322. The summed E-state index contributed by atoms with van der Waals surface area (Å²) in [7, 11) is 1.71. The molecule has 0 bridgehead atoms. The van der Waals surface area contributed by atoms with E-state index in [1.807, 2.05) is 32.0 Å². The highest BCUT2D eigenvalue weighted by Crippen LogP contribution is 2.21. The summed E-state index contributed by atoms with van der Waals surface area (Å²) in [6.07, 6.45) is 0. The summed E-state index contributed by atoms with van der Waals surface area (Å²) in [5, 5.41) is 3.78. The molecule has 1 aromatic heterocycles. The van der Waals surface area contributed by atoms with Crippen molar-refractivity contribution in [3.63, 3.8) is 0 Å². The highest BCUT2D eigenvalue weighted by atomic mass is 16.4.